The summed E-state index contributed by atoms with van der Waals surface area (Å²) in [6, 6.07) is 0.487. The van der Waals surface area contributed by atoms with E-state index in [1.54, 1.807) is 6.33 Å². The molecule has 80 valence electrons. The summed E-state index contributed by atoms with van der Waals surface area (Å²) in [6.07, 6.45) is 1.74. The van der Waals surface area contributed by atoms with Crippen LogP contribution in [0.1, 0.15) is 18.3 Å². The van der Waals surface area contributed by atoms with Gasteiger partial charge in [-0.3, -0.25) is 0 Å². The van der Waals surface area contributed by atoms with Gasteiger partial charge in [-0.1, -0.05) is 0 Å². The fourth-order valence-electron chi connectivity index (χ4n) is 1.45. The fourth-order valence-corrected chi connectivity index (χ4v) is 1.45. The molecule has 0 aromatic carbocycles. The van der Waals surface area contributed by atoms with Gasteiger partial charge in [0.1, 0.15) is 0 Å². The van der Waals surface area contributed by atoms with Gasteiger partial charge >= 0.3 is 0 Å². The number of nitrogens with one attached hydrogen (secondary N) is 2. The number of aryl methyl sites for hydroxylation is 1. The summed E-state index contributed by atoms with van der Waals surface area (Å²) in [4.78, 5) is 9.48. The highest BCUT2D eigenvalue weighted by molar-refractivity contribution is 5.08. The molecule has 4 nitrogen and oxygen atoms in total. The van der Waals surface area contributed by atoms with E-state index >= 15 is 0 Å². The normalized spacial score (nSPS) is 13.5. The van der Waals surface area contributed by atoms with Crippen molar-refractivity contribution in [3.05, 3.63) is 17.7 Å². The van der Waals surface area contributed by atoms with Crippen molar-refractivity contribution in [2.24, 2.45) is 0 Å². The smallest absolute Gasteiger partial charge is 0.0925 e. The number of rotatable bonds is 5. The molecular formula is C10H20N4. The lowest BCUT2D eigenvalue weighted by molar-refractivity contribution is 0.348. The summed E-state index contributed by atoms with van der Waals surface area (Å²) in [6.45, 7) is 6.11. The second-order valence-electron chi connectivity index (χ2n) is 4.02. The van der Waals surface area contributed by atoms with Crippen LogP contribution < -0.4 is 5.32 Å². The predicted molar refractivity (Wildman–Crippen MR) is 58.2 cm³/mol. The van der Waals surface area contributed by atoms with Crippen LogP contribution in [-0.4, -0.2) is 41.5 Å². The van der Waals surface area contributed by atoms with Gasteiger partial charge in [-0.25, -0.2) is 4.98 Å². The maximum Gasteiger partial charge on any atom is 0.0925 e. The second kappa shape index (κ2) is 5.12. The molecule has 0 amide bonds. The highest BCUT2D eigenvalue weighted by atomic mass is 15.1. The highest BCUT2D eigenvalue weighted by Crippen LogP contribution is 1.99. The molecule has 0 spiro atoms. The van der Waals surface area contributed by atoms with Crippen LogP contribution in [0, 0.1) is 6.92 Å². The molecule has 0 bridgehead atoms. The standard InChI is InChI=1S/C10H20N4/c1-8(6-14(3)4)11-5-10-9(2)12-7-13-10/h7-8,11H,5-6H2,1-4H3,(H,12,13). The zero-order valence-electron chi connectivity index (χ0n) is 9.46. The molecule has 0 saturated heterocycles. The Balaban J connectivity index is 2.30. The zero-order chi connectivity index (χ0) is 10.6. The largest absolute Gasteiger partial charge is 0.348 e. The Kier molecular flexibility index (Phi) is 4.10. The van der Waals surface area contributed by atoms with E-state index in [-0.39, 0.29) is 0 Å². The van der Waals surface area contributed by atoms with Gasteiger partial charge in [0.2, 0.25) is 0 Å². The summed E-state index contributed by atoms with van der Waals surface area (Å²) in [5.41, 5.74) is 2.25. The maximum atomic E-state index is 4.24. The van der Waals surface area contributed by atoms with Crippen LogP contribution in [0.25, 0.3) is 0 Å². The molecule has 0 radical (unpaired) electrons. The van der Waals surface area contributed by atoms with Crippen LogP contribution in [0.2, 0.25) is 0 Å². The molecule has 0 saturated carbocycles. The van der Waals surface area contributed by atoms with E-state index in [9.17, 15) is 0 Å². The molecule has 0 aliphatic heterocycles. The SMILES string of the molecule is Cc1[nH]cnc1CNC(C)CN(C)C. The Hall–Kier alpha value is -0.870. The first-order valence-corrected chi connectivity index (χ1v) is 4.96. The molecule has 4 heteroatoms. The second-order valence-corrected chi connectivity index (χ2v) is 4.02. The lowest BCUT2D eigenvalue weighted by atomic mass is 10.3. The van der Waals surface area contributed by atoms with Crippen molar-refractivity contribution in [2.45, 2.75) is 26.4 Å². The van der Waals surface area contributed by atoms with Gasteiger partial charge in [-0.15, -0.1) is 0 Å². The Morgan fingerprint density at radius 2 is 2.29 bits per heavy atom. The van der Waals surface area contributed by atoms with E-state index in [1.807, 2.05) is 6.92 Å². The van der Waals surface area contributed by atoms with E-state index < -0.39 is 0 Å². The van der Waals surface area contributed by atoms with Gasteiger partial charge in [0.25, 0.3) is 0 Å². The van der Waals surface area contributed by atoms with Crippen LogP contribution in [0.15, 0.2) is 6.33 Å². The van der Waals surface area contributed by atoms with Gasteiger partial charge < -0.3 is 15.2 Å². The van der Waals surface area contributed by atoms with Crippen LogP contribution in [0.4, 0.5) is 0 Å². The van der Waals surface area contributed by atoms with Crippen molar-refractivity contribution < 1.29 is 0 Å². The average Bonchev–Trinajstić information content (AvgIpc) is 2.46. The van der Waals surface area contributed by atoms with Gasteiger partial charge in [-0.2, -0.15) is 0 Å². The summed E-state index contributed by atoms with van der Waals surface area (Å²) in [5.74, 6) is 0. The van der Waals surface area contributed by atoms with Crippen molar-refractivity contribution in [3.63, 3.8) is 0 Å². The van der Waals surface area contributed by atoms with Gasteiger partial charge in [0, 0.05) is 24.8 Å². The Bertz CT molecular complexity index is 267. The van der Waals surface area contributed by atoms with E-state index in [2.05, 4.69) is 41.2 Å². The van der Waals surface area contributed by atoms with E-state index in [0.717, 1.165) is 24.5 Å². The first kappa shape index (κ1) is 11.2. The summed E-state index contributed by atoms with van der Waals surface area (Å²) in [7, 11) is 4.16. The zero-order valence-corrected chi connectivity index (χ0v) is 9.46. The van der Waals surface area contributed by atoms with E-state index in [1.165, 1.54) is 0 Å². The molecule has 1 aromatic rings. The number of aromatic nitrogens is 2. The number of imidazole rings is 1. The minimum atomic E-state index is 0.487. The molecule has 1 heterocycles. The minimum absolute atomic E-state index is 0.487. The van der Waals surface area contributed by atoms with Crippen molar-refractivity contribution in [2.75, 3.05) is 20.6 Å². The van der Waals surface area contributed by atoms with Gasteiger partial charge in [0.15, 0.2) is 0 Å². The third kappa shape index (κ3) is 3.47. The maximum absolute atomic E-state index is 4.24. The molecule has 0 aliphatic carbocycles. The van der Waals surface area contributed by atoms with Crippen LogP contribution >= 0.6 is 0 Å². The van der Waals surface area contributed by atoms with E-state index in [0.29, 0.717) is 6.04 Å². The Labute approximate surface area is 85.7 Å². The third-order valence-electron chi connectivity index (χ3n) is 2.19. The lowest BCUT2D eigenvalue weighted by Crippen LogP contribution is -2.35. The number of hydrogen-bond donors (Lipinski definition) is 2. The monoisotopic (exact) mass is 196 g/mol. The topological polar surface area (TPSA) is 44.0 Å². The first-order chi connectivity index (χ1) is 6.59. The Morgan fingerprint density at radius 3 is 2.79 bits per heavy atom. The molecular weight excluding hydrogens is 176 g/mol. The molecule has 1 unspecified atom stereocenters. The first-order valence-electron chi connectivity index (χ1n) is 4.96. The van der Waals surface area contributed by atoms with Crippen LogP contribution in [0.3, 0.4) is 0 Å². The fraction of sp³-hybridized carbons (Fsp3) is 0.700. The number of nitrogens with zero attached hydrogens (tertiary/aromatic N) is 2. The van der Waals surface area contributed by atoms with Gasteiger partial charge in [0.05, 0.1) is 12.0 Å². The summed E-state index contributed by atoms with van der Waals surface area (Å²) in [5, 5.41) is 3.43. The molecule has 0 fully saturated rings. The summed E-state index contributed by atoms with van der Waals surface area (Å²) >= 11 is 0. The average molecular weight is 196 g/mol. The molecule has 1 aromatic heterocycles. The molecule has 2 N–H and O–H groups in total. The number of aromatic amines is 1. The van der Waals surface area contributed by atoms with Crippen molar-refractivity contribution in [1.29, 1.82) is 0 Å². The van der Waals surface area contributed by atoms with E-state index in [4.69, 9.17) is 0 Å². The third-order valence-corrected chi connectivity index (χ3v) is 2.19. The van der Waals surface area contributed by atoms with Crippen molar-refractivity contribution >= 4 is 0 Å². The molecule has 1 rings (SSSR count). The summed E-state index contributed by atoms with van der Waals surface area (Å²) < 4.78 is 0. The number of H-pyrrole nitrogens is 1. The molecule has 14 heavy (non-hydrogen) atoms. The predicted octanol–water partition coefficient (Wildman–Crippen LogP) is 0.758. The number of hydrogen-bond acceptors (Lipinski definition) is 3. The quantitative estimate of drug-likeness (QED) is 0.730. The van der Waals surface area contributed by atoms with Crippen LogP contribution in [0.5, 0.6) is 0 Å². The van der Waals surface area contributed by atoms with Crippen molar-refractivity contribution in [1.82, 2.24) is 20.2 Å². The lowest BCUT2D eigenvalue weighted by Gasteiger charge is -2.17. The van der Waals surface area contributed by atoms with Crippen molar-refractivity contribution in [3.8, 4) is 0 Å². The molecule has 0 aliphatic rings. The van der Waals surface area contributed by atoms with Gasteiger partial charge in [-0.05, 0) is 27.9 Å². The minimum Gasteiger partial charge on any atom is -0.348 e. The van der Waals surface area contributed by atoms with Crippen LogP contribution in [-0.2, 0) is 6.54 Å². The highest BCUT2D eigenvalue weighted by Gasteiger charge is 2.05. The Morgan fingerprint density at radius 1 is 1.57 bits per heavy atom. The molecule has 1 atom stereocenters. The number of likely N-dealkylation sites (N-methyl/N-ethyl adjacent to an activating group) is 1.